The number of nitrogens with one attached hydrogen (secondary N) is 1. The molecule has 0 aromatic heterocycles. The molecule has 0 radical (unpaired) electrons. The van der Waals surface area contributed by atoms with E-state index in [9.17, 15) is 8.42 Å². The molecule has 2 aliphatic carbocycles. The first kappa shape index (κ1) is 14.8. The van der Waals surface area contributed by atoms with E-state index in [1.54, 1.807) is 15.7 Å². The Morgan fingerprint density at radius 1 is 1.15 bits per heavy atom. The van der Waals surface area contributed by atoms with Gasteiger partial charge in [0.25, 0.3) is 10.2 Å². The molecule has 1 N–H and O–H groups in total. The molecule has 0 amide bonds. The third kappa shape index (κ3) is 3.18. The lowest BCUT2D eigenvalue weighted by Gasteiger charge is -2.39. The van der Waals surface area contributed by atoms with Crippen molar-refractivity contribution in [3.05, 3.63) is 0 Å². The van der Waals surface area contributed by atoms with Gasteiger partial charge in [-0.1, -0.05) is 6.42 Å². The SMILES string of the molecule is CN(C1CCC1)S(=O)(=O)N1CCCC(CNC2CC2)C1. The van der Waals surface area contributed by atoms with Crippen molar-refractivity contribution >= 4 is 10.2 Å². The van der Waals surface area contributed by atoms with Crippen LogP contribution in [0.15, 0.2) is 0 Å². The summed E-state index contributed by atoms with van der Waals surface area (Å²) in [6, 6.07) is 0.949. The van der Waals surface area contributed by atoms with Crippen molar-refractivity contribution in [2.45, 2.75) is 57.0 Å². The van der Waals surface area contributed by atoms with Gasteiger partial charge in [0.1, 0.15) is 0 Å². The zero-order chi connectivity index (χ0) is 14.2. The van der Waals surface area contributed by atoms with Gasteiger partial charge in [-0.2, -0.15) is 17.0 Å². The molecule has 0 spiro atoms. The topological polar surface area (TPSA) is 52.7 Å². The van der Waals surface area contributed by atoms with Crippen LogP contribution >= 0.6 is 0 Å². The van der Waals surface area contributed by atoms with Gasteiger partial charge in [0, 0.05) is 32.2 Å². The maximum atomic E-state index is 12.6. The highest BCUT2D eigenvalue weighted by atomic mass is 32.2. The molecule has 3 aliphatic rings. The van der Waals surface area contributed by atoms with Crippen LogP contribution < -0.4 is 5.32 Å². The molecule has 5 nitrogen and oxygen atoms in total. The number of hydrogen-bond acceptors (Lipinski definition) is 3. The van der Waals surface area contributed by atoms with Gasteiger partial charge in [-0.05, 0) is 51.0 Å². The van der Waals surface area contributed by atoms with Crippen molar-refractivity contribution in [2.24, 2.45) is 5.92 Å². The average Bonchev–Trinajstić information content (AvgIpc) is 3.18. The Labute approximate surface area is 122 Å². The lowest BCUT2D eigenvalue weighted by Crippen LogP contribution is -2.52. The summed E-state index contributed by atoms with van der Waals surface area (Å²) in [7, 11) is -1.48. The van der Waals surface area contributed by atoms with Crippen LogP contribution in [0.1, 0.15) is 44.9 Å². The third-order valence-corrected chi connectivity index (χ3v) is 7.04. The van der Waals surface area contributed by atoms with E-state index >= 15 is 0 Å². The number of rotatable bonds is 6. The van der Waals surface area contributed by atoms with Crippen LogP contribution in [0.25, 0.3) is 0 Å². The molecule has 3 fully saturated rings. The fourth-order valence-corrected chi connectivity index (χ4v) is 4.86. The lowest BCUT2D eigenvalue weighted by molar-refractivity contribution is 0.207. The van der Waals surface area contributed by atoms with E-state index in [1.165, 1.54) is 19.3 Å². The summed E-state index contributed by atoms with van der Waals surface area (Å²) < 4.78 is 28.6. The summed E-state index contributed by atoms with van der Waals surface area (Å²) in [6.07, 6.45) is 7.94. The van der Waals surface area contributed by atoms with Crippen LogP contribution in [-0.2, 0) is 10.2 Å². The first-order chi connectivity index (χ1) is 9.57. The van der Waals surface area contributed by atoms with Gasteiger partial charge >= 0.3 is 0 Å². The second-order valence-corrected chi connectivity index (χ2v) is 8.65. The van der Waals surface area contributed by atoms with E-state index in [0.29, 0.717) is 25.0 Å². The highest BCUT2D eigenvalue weighted by molar-refractivity contribution is 7.86. The molecule has 0 aromatic rings. The Morgan fingerprint density at radius 2 is 1.90 bits per heavy atom. The summed E-state index contributed by atoms with van der Waals surface area (Å²) >= 11 is 0. The molecule has 116 valence electrons. The Balaban J connectivity index is 1.56. The normalized spacial score (nSPS) is 29.6. The van der Waals surface area contributed by atoms with Crippen molar-refractivity contribution in [2.75, 3.05) is 26.7 Å². The predicted molar refractivity (Wildman–Crippen MR) is 79.6 cm³/mol. The fraction of sp³-hybridized carbons (Fsp3) is 1.00. The van der Waals surface area contributed by atoms with Gasteiger partial charge in [-0.15, -0.1) is 0 Å². The second-order valence-electron chi connectivity index (χ2n) is 6.66. The first-order valence-corrected chi connectivity index (χ1v) is 9.43. The molecule has 1 aliphatic heterocycles. The summed E-state index contributed by atoms with van der Waals surface area (Å²) in [5, 5.41) is 3.54. The molecule has 2 saturated carbocycles. The molecule has 20 heavy (non-hydrogen) atoms. The molecular weight excluding hydrogens is 274 g/mol. The molecular formula is C14H27N3O2S. The van der Waals surface area contributed by atoms with Crippen molar-refractivity contribution in [3.8, 4) is 0 Å². The lowest BCUT2D eigenvalue weighted by atomic mass is 9.94. The quantitative estimate of drug-likeness (QED) is 0.801. The maximum Gasteiger partial charge on any atom is 0.281 e. The standard InChI is InChI=1S/C14H27N3O2S/c1-16(14-5-2-6-14)20(18,19)17-9-3-4-12(11-17)10-15-13-7-8-13/h12-15H,2-11H2,1H3. The van der Waals surface area contributed by atoms with Crippen LogP contribution in [0.5, 0.6) is 0 Å². The van der Waals surface area contributed by atoms with Crippen molar-refractivity contribution in [1.82, 2.24) is 13.9 Å². The van der Waals surface area contributed by atoms with E-state index in [0.717, 1.165) is 32.2 Å². The largest absolute Gasteiger partial charge is 0.314 e. The van der Waals surface area contributed by atoms with Gasteiger partial charge in [0.2, 0.25) is 0 Å². The second kappa shape index (κ2) is 5.91. The smallest absolute Gasteiger partial charge is 0.281 e. The maximum absolute atomic E-state index is 12.6. The highest BCUT2D eigenvalue weighted by Crippen LogP contribution is 2.29. The van der Waals surface area contributed by atoms with Crippen LogP contribution in [0, 0.1) is 5.92 Å². The molecule has 1 heterocycles. The first-order valence-electron chi connectivity index (χ1n) is 8.04. The molecule has 1 atom stereocenters. The summed E-state index contributed by atoms with van der Waals surface area (Å²) in [5.41, 5.74) is 0. The van der Waals surface area contributed by atoms with E-state index in [2.05, 4.69) is 5.32 Å². The van der Waals surface area contributed by atoms with Crippen LogP contribution in [-0.4, -0.2) is 55.8 Å². The van der Waals surface area contributed by atoms with Gasteiger partial charge in [0.05, 0.1) is 0 Å². The predicted octanol–water partition coefficient (Wildman–Crippen LogP) is 1.18. The number of hydrogen-bond donors (Lipinski definition) is 1. The molecule has 1 saturated heterocycles. The van der Waals surface area contributed by atoms with E-state index < -0.39 is 10.2 Å². The molecule has 6 heteroatoms. The monoisotopic (exact) mass is 301 g/mol. The van der Waals surface area contributed by atoms with Crippen LogP contribution in [0.3, 0.4) is 0 Å². The van der Waals surface area contributed by atoms with Gasteiger partial charge in [-0.25, -0.2) is 0 Å². The zero-order valence-corrected chi connectivity index (χ0v) is 13.2. The Hall–Kier alpha value is -0.170. The Morgan fingerprint density at radius 3 is 2.50 bits per heavy atom. The van der Waals surface area contributed by atoms with Crippen LogP contribution in [0.4, 0.5) is 0 Å². The van der Waals surface area contributed by atoms with Gasteiger partial charge in [0.15, 0.2) is 0 Å². The van der Waals surface area contributed by atoms with E-state index in [4.69, 9.17) is 0 Å². The molecule has 1 unspecified atom stereocenters. The van der Waals surface area contributed by atoms with Crippen molar-refractivity contribution < 1.29 is 8.42 Å². The molecule has 0 bridgehead atoms. The van der Waals surface area contributed by atoms with Crippen molar-refractivity contribution in [1.29, 1.82) is 0 Å². The Kier molecular flexibility index (Phi) is 4.36. The minimum absolute atomic E-state index is 0.241. The Bertz CT molecular complexity index is 432. The summed E-state index contributed by atoms with van der Waals surface area (Å²) in [5.74, 6) is 0.480. The zero-order valence-electron chi connectivity index (χ0n) is 12.4. The summed E-state index contributed by atoms with van der Waals surface area (Å²) in [6.45, 7) is 2.36. The van der Waals surface area contributed by atoms with Crippen LogP contribution in [0.2, 0.25) is 0 Å². The third-order valence-electron chi connectivity index (χ3n) is 5.03. The number of piperidine rings is 1. The number of nitrogens with zero attached hydrogens (tertiary/aromatic N) is 2. The highest BCUT2D eigenvalue weighted by Gasteiger charge is 2.37. The molecule has 3 rings (SSSR count). The van der Waals surface area contributed by atoms with E-state index in [-0.39, 0.29) is 6.04 Å². The minimum Gasteiger partial charge on any atom is -0.314 e. The minimum atomic E-state index is -3.24. The average molecular weight is 301 g/mol. The molecule has 0 aromatic carbocycles. The summed E-state index contributed by atoms with van der Waals surface area (Å²) in [4.78, 5) is 0. The fourth-order valence-electron chi connectivity index (χ4n) is 3.14. The van der Waals surface area contributed by atoms with E-state index in [1.807, 2.05) is 0 Å². The van der Waals surface area contributed by atoms with Crippen molar-refractivity contribution in [3.63, 3.8) is 0 Å². The van der Waals surface area contributed by atoms with Gasteiger partial charge in [-0.3, -0.25) is 0 Å². The van der Waals surface area contributed by atoms with Gasteiger partial charge < -0.3 is 5.32 Å².